The smallest absolute Gasteiger partial charge is 0.416 e. The number of carboxylic acids is 1. The van der Waals surface area contributed by atoms with Gasteiger partial charge < -0.3 is 10.0 Å². The fraction of sp³-hybridized carbons (Fsp3) is 0.500. The fourth-order valence-corrected chi connectivity index (χ4v) is 2.84. The number of nitrogens with zero attached hydrogens (tertiary/aromatic N) is 1. The second kappa shape index (κ2) is 6.60. The van der Waals surface area contributed by atoms with Gasteiger partial charge in [0.15, 0.2) is 0 Å². The zero-order valence-electron chi connectivity index (χ0n) is 12.6. The first-order valence-corrected chi connectivity index (χ1v) is 7.39. The predicted octanol–water partition coefficient (Wildman–Crippen LogP) is 2.96. The van der Waals surface area contributed by atoms with E-state index < -0.39 is 29.7 Å². The van der Waals surface area contributed by atoms with Crippen LogP contribution in [0.3, 0.4) is 0 Å². The second-order valence-electron chi connectivity index (χ2n) is 5.83. The molecule has 0 aliphatic carbocycles. The van der Waals surface area contributed by atoms with Crippen LogP contribution in [0.1, 0.15) is 30.9 Å². The first kappa shape index (κ1) is 17.3. The highest BCUT2D eigenvalue weighted by atomic mass is 19.4. The average molecular weight is 329 g/mol. The lowest BCUT2D eigenvalue weighted by molar-refractivity contribution is -0.149. The number of aliphatic carboxylic acids is 1. The van der Waals surface area contributed by atoms with E-state index in [-0.39, 0.29) is 12.3 Å². The van der Waals surface area contributed by atoms with Crippen LogP contribution < -0.4 is 0 Å². The maximum Gasteiger partial charge on any atom is 0.416 e. The Balaban J connectivity index is 2.02. The number of carboxylic acid groups (broad SMARTS) is 1. The molecule has 2 atom stereocenters. The molecule has 126 valence electrons. The first-order chi connectivity index (χ1) is 10.7. The molecule has 7 heteroatoms. The third-order valence-electron chi connectivity index (χ3n) is 4.07. The maximum absolute atomic E-state index is 12.5. The van der Waals surface area contributed by atoms with Crippen molar-refractivity contribution in [2.75, 3.05) is 6.54 Å². The molecule has 1 amide bonds. The van der Waals surface area contributed by atoms with Crippen LogP contribution in [0, 0.1) is 5.92 Å². The Morgan fingerprint density at radius 2 is 1.91 bits per heavy atom. The number of alkyl halides is 3. The lowest BCUT2D eigenvalue weighted by atomic mass is 9.98. The minimum absolute atomic E-state index is 0.269. The van der Waals surface area contributed by atoms with Gasteiger partial charge in [-0.2, -0.15) is 13.2 Å². The third-order valence-corrected chi connectivity index (χ3v) is 4.07. The summed E-state index contributed by atoms with van der Waals surface area (Å²) in [5.74, 6) is -1.76. The lowest BCUT2D eigenvalue weighted by Gasteiger charge is -2.25. The van der Waals surface area contributed by atoms with Crippen LogP contribution in [0.25, 0.3) is 0 Å². The summed E-state index contributed by atoms with van der Waals surface area (Å²) in [4.78, 5) is 24.9. The van der Waals surface area contributed by atoms with E-state index >= 15 is 0 Å². The van der Waals surface area contributed by atoms with E-state index in [1.54, 1.807) is 6.92 Å². The van der Waals surface area contributed by atoms with Gasteiger partial charge in [-0.15, -0.1) is 0 Å². The molecule has 4 nitrogen and oxygen atoms in total. The molecule has 0 bridgehead atoms. The summed E-state index contributed by atoms with van der Waals surface area (Å²) in [6.07, 6.45) is -3.02. The first-order valence-electron chi connectivity index (χ1n) is 7.39. The molecule has 1 heterocycles. The van der Waals surface area contributed by atoms with Gasteiger partial charge in [-0.25, -0.2) is 4.79 Å². The highest BCUT2D eigenvalue weighted by molar-refractivity contribution is 5.85. The number of carbonyl (C=O) groups is 2. The Bertz CT molecular complexity index is 583. The molecule has 0 saturated carbocycles. The highest BCUT2D eigenvalue weighted by Crippen LogP contribution is 2.29. The second-order valence-corrected chi connectivity index (χ2v) is 5.83. The van der Waals surface area contributed by atoms with Gasteiger partial charge in [-0.3, -0.25) is 4.79 Å². The number of likely N-dealkylation sites (tertiary alicyclic amines) is 1. The molecule has 0 unspecified atom stereocenters. The molecular weight excluding hydrogens is 311 g/mol. The van der Waals surface area contributed by atoms with Crippen molar-refractivity contribution in [3.8, 4) is 0 Å². The van der Waals surface area contributed by atoms with E-state index in [0.717, 1.165) is 12.1 Å². The summed E-state index contributed by atoms with van der Waals surface area (Å²) in [7, 11) is 0. The molecule has 1 aliphatic rings. The van der Waals surface area contributed by atoms with Crippen molar-refractivity contribution < 1.29 is 27.9 Å². The summed E-state index contributed by atoms with van der Waals surface area (Å²) in [6, 6.07) is 3.89. The monoisotopic (exact) mass is 329 g/mol. The van der Waals surface area contributed by atoms with Gasteiger partial charge in [0.25, 0.3) is 0 Å². The fourth-order valence-electron chi connectivity index (χ4n) is 2.84. The van der Waals surface area contributed by atoms with Gasteiger partial charge in [-0.05, 0) is 37.0 Å². The molecular formula is C16H18F3NO3. The number of benzene rings is 1. The summed E-state index contributed by atoms with van der Waals surface area (Å²) in [5.41, 5.74) is -0.115. The van der Waals surface area contributed by atoms with Crippen molar-refractivity contribution in [2.45, 2.75) is 38.4 Å². The standard InChI is InChI=1S/C16H18F3NO3/c1-10(14(21)20-8-2-3-13(20)15(22)23)9-11-4-6-12(7-5-11)16(17,18)19/h4-7,10,13H,2-3,8-9H2,1H3,(H,22,23)/t10-,13+/m1/s1. The van der Waals surface area contributed by atoms with Gasteiger partial charge in [0.2, 0.25) is 5.91 Å². The van der Waals surface area contributed by atoms with Crippen LogP contribution in [-0.4, -0.2) is 34.5 Å². The Hall–Kier alpha value is -2.05. The van der Waals surface area contributed by atoms with E-state index in [1.807, 2.05) is 0 Å². The molecule has 1 aliphatic heterocycles. The Morgan fingerprint density at radius 1 is 1.30 bits per heavy atom. The van der Waals surface area contributed by atoms with Crippen molar-refractivity contribution in [3.05, 3.63) is 35.4 Å². The molecule has 0 spiro atoms. The number of hydrogen-bond acceptors (Lipinski definition) is 2. The van der Waals surface area contributed by atoms with Crippen LogP contribution in [0.5, 0.6) is 0 Å². The van der Waals surface area contributed by atoms with E-state index in [2.05, 4.69) is 0 Å². The van der Waals surface area contributed by atoms with E-state index in [9.17, 15) is 22.8 Å². The molecule has 0 radical (unpaired) electrons. The van der Waals surface area contributed by atoms with Crippen LogP contribution >= 0.6 is 0 Å². The zero-order valence-corrected chi connectivity index (χ0v) is 12.6. The van der Waals surface area contributed by atoms with Crippen LogP contribution in [0.15, 0.2) is 24.3 Å². The van der Waals surface area contributed by atoms with Crippen molar-refractivity contribution in [1.82, 2.24) is 4.90 Å². The number of rotatable bonds is 4. The van der Waals surface area contributed by atoms with E-state index in [1.165, 1.54) is 17.0 Å². The van der Waals surface area contributed by atoms with Gasteiger partial charge in [-0.1, -0.05) is 19.1 Å². The van der Waals surface area contributed by atoms with E-state index in [4.69, 9.17) is 5.11 Å². The van der Waals surface area contributed by atoms with Gasteiger partial charge in [0.05, 0.1) is 5.56 Å². The number of carbonyl (C=O) groups excluding carboxylic acids is 1. The molecule has 1 saturated heterocycles. The minimum Gasteiger partial charge on any atom is -0.480 e. The summed E-state index contributed by atoms with van der Waals surface area (Å²) < 4.78 is 37.6. The predicted molar refractivity (Wildman–Crippen MR) is 76.7 cm³/mol. The van der Waals surface area contributed by atoms with Gasteiger partial charge in [0, 0.05) is 12.5 Å². The molecule has 0 aromatic heterocycles. The SMILES string of the molecule is C[C@H](Cc1ccc(C(F)(F)F)cc1)C(=O)N1CCC[C@H]1C(=O)O. The van der Waals surface area contributed by atoms with Crippen LogP contribution in [0.4, 0.5) is 13.2 Å². The van der Waals surface area contributed by atoms with Crippen molar-refractivity contribution in [1.29, 1.82) is 0 Å². The highest BCUT2D eigenvalue weighted by Gasteiger charge is 2.36. The van der Waals surface area contributed by atoms with Crippen LogP contribution in [0.2, 0.25) is 0 Å². The Kier molecular flexibility index (Phi) is 4.97. The number of halogens is 3. The average Bonchev–Trinajstić information content (AvgIpc) is 2.95. The zero-order chi connectivity index (χ0) is 17.2. The van der Waals surface area contributed by atoms with Gasteiger partial charge >= 0.3 is 12.1 Å². The molecule has 1 aromatic rings. The largest absolute Gasteiger partial charge is 0.480 e. The quantitative estimate of drug-likeness (QED) is 0.924. The Labute approximate surface area is 131 Å². The molecule has 1 fully saturated rings. The third kappa shape index (κ3) is 4.03. The molecule has 1 N–H and O–H groups in total. The topological polar surface area (TPSA) is 57.6 Å². The Morgan fingerprint density at radius 3 is 2.43 bits per heavy atom. The van der Waals surface area contributed by atoms with Crippen molar-refractivity contribution in [3.63, 3.8) is 0 Å². The summed E-state index contributed by atoms with van der Waals surface area (Å²) in [5, 5.41) is 9.11. The normalized spacial score (nSPS) is 19.7. The van der Waals surface area contributed by atoms with Gasteiger partial charge in [0.1, 0.15) is 6.04 Å². The number of amides is 1. The van der Waals surface area contributed by atoms with E-state index in [0.29, 0.717) is 24.9 Å². The number of hydrogen-bond donors (Lipinski definition) is 1. The van der Waals surface area contributed by atoms with Crippen molar-refractivity contribution in [2.24, 2.45) is 5.92 Å². The molecule has 2 rings (SSSR count). The summed E-state index contributed by atoms with van der Waals surface area (Å²) in [6.45, 7) is 2.07. The van der Waals surface area contributed by atoms with Crippen molar-refractivity contribution >= 4 is 11.9 Å². The minimum atomic E-state index is -4.38. The van der Waals surface area contributed by atoms with Crippen LogP contribution in [-0.2, 0) is 22.2 Å². The lowest BCUT2D eigenvalue weighted by Crippen LogP contribution is -2.43. The molecule has 23 heavy (non-hydrogen) atoms. The maximum atomic E-state index is 12.5. The molecule has 1 aromatic carbocycles. The summed E-state index contributed by atoms with van der Waals surface area (Å²) >= 11 is 0.